The van der Waals surface area contributed by atoms with Crippen molar-refractivity contribution in [3.8, 4) is 0 Å². The predicted molar refractivity (Wildman–Crippen MR) is 64.1 cm³/mol. The second-order valence-electron chi connectivity index (χ2n) is 4.20. The third-order valence-electron chi connectivity index (χ3n) is 2.62. The quantitative estimate of drug-likeness (QED) is 0.851. The lowest BCUT2D eigenvalue weighted by Gasteiger charge is -2.21. The molecule has 0 aromatic heterocycles. The summed E-state index contributed by atoms with van der Waals surface area (Å²) >= 11 is 0. The number of aliphatic hydroxyl groups is 1. The first-order valence-corrected chi connectivity index (χ1v) is 5.96. The van der Waals surface area contributed by atoms with Crippen LogP contribution >= 0.6 is 0 Å². The van der Waals surface area contributed by atoms with Crippen molar-refractivity contribution < 1.29 is 18.3 Å². The van der Waals surface area contributed by atoms with E-state index in [4.69, 9.17) is 5.11 Å². The maximum absolute atomic E-state index is 12.5. The molecule has 18 heavy (non-hydrogen) atoms. The van der Waals surface area contributed by atoms with Crippen LogP contribution in [0.25, 0.3) is 0 Å². The average molecular weight is 261 g/mol. The van der Waals surface area contributed by atoms with Gasteiger partial charge in [0.25, 0.3) is 0 Å². The number of benzene rings is 1. The van der Waals surface area contributed by atoms with Gasteiger partial charge < -0.3 is 5.11 Å². The molecular formula is C13H18F3NO. The second kappa shape index (κ2) is 6.75. The summed E-state index contributed by atoms with van der Waals surface area (Å²) in [5.74, 6) is 0. The summed E-state index contributed by atoms with van der Waals surface area (Å²) in [6.07, 6.45) is -3.40. The summed E-state index contributed by atoms with van der Waals surface area (Å²) in [5.41, 5.74) is -0.00725. The molecule has 0 saturated heterocycles. The number of rotatable bonds is 6. The molecule has 0 aliphatic carbocycles. The van der Waals surface area contributed by atoms with E-state index in [1.165, 1.54) is 12.1 Å². The third-order valence-corrected chi connectivity index (χ3v) is 2.62. The van der Waals surface area contributed by atoms with Gasteiger partial charge in [-0.05, 0) is 24.6 Å². The molecule has 0 heterocycles. The van der Waals surface area contributed by atoms with Crippen LogP contribution in [0.15, 0.2) is 24.3 Å². The molecule has 1 aromatic rings. The third kappa shape index (κ3) is 4.66. The van der Waals surface area contributed by atoms with Crippen molar-refractivity contribution in [2.75, 3.05) is 19.7 Å². The van der Waals surface area contributed by atoms with Crippen molar-refractivity contribution in [3.05, 3.63) is 35.4 Å². The van der Waals surface area contributed by atoms with E-state index >= 15 is 0 Å². The normalized spacial score (nSPS) is 12.1. The minimum Gasteiger partial charge on any atom is -0.395 e. The summed E-state index contributed by atoms with van der Waals surface area (Å²) in [6.45, 7) is 3.68. The number of halogens is 3. The number of nitrogens with zero attached hydrogens (tertiary/aromatic N) is 1. The topological polar surface area (TPSA) is 23.5 Å². The lowest BCUT2D eigenvalue weighted by Crippen LogP contribution is -2.27. The minimum atomic E-state index is -4.30. The van der Waals surface area contributed by atoms with Gasteiger partial charge in [-0.2, -0.15) is 13.2 Å². The van der Waals surface area contributed by atoms with Crippen LogP contribution in [0.5, 0.6) is 0 Å². The van der Waals surface area contributed by atoms with Crippen LogP contribution in [0.1, 0.15) is 24.5 Å². The largest absolute Gasteiger partial charge is 0.416 e. The molecule has 1 aromatic carbocycles. The van der Waals surface area contributed by atoms with Crippen LogP contribution in [0.4, 0.5) is 13.2 Å². The summed E-state index contributed by atoms with van der Waals surface area (Å²) in [4.78, 5) is 1.94. The van der Waals surface area contributed by atoms with Crippen molar-refractivity contribution in [3.63, 3.8) is 0 Å². The summed E-state index contributed by atoms with van der Waals surface area (Å²) in [6, 6.07) is 5.33. The Morgan fingerprint density at radius 2 is 1.94 bits per heavy atom. The molecule has 2 nitrogen and oxygen atoms in total. The molecule has 0 amide bonds. The Morgan fingerprint density at radius 3 is 2.50 bits per heavy atom. The highest BCUT2D eigenvalue weighted by atomic mass is 19.4. The molecule has 1 rings (SSSR count). The van der Waals surface area contributed by atoms with Crippen molar-refractivity contribution >= 4 is 0 Å². The number of hydrogen-bond donors (Lipinski definition) is 1. The van der Waals surface area contributed by atoms with E-state index in [-0.39, 0.29) is 6.61 Å². The molecule has 0 spiro atoms. The zero-order chi connectivity index (χ0) is 13.6. The van der Waals surface area contributed by atoms with Crippen LogP contribution in [0, 0.1) is 0 Å². The van der Waals surface area contributed by atoms with Gasteiger partial charge in [-0.25, -0.2) is 0 Å². The molecule has 5 heteroatoms. The Bertz CT molecular complexity index is 359. The summed E-state index contributed by atoms with van der Waals surface area (Å²) in [5, 5.41) is 8.90. The molecule has 102 valence electrons. The standard InChI is InChI=1S/C13H18F3NO/c1-2-6-17(7-8-18)10-11-4-3-5-12(9-11)13(14,15)16/h3-5,9,18H,2,6-8,10H2,1H3. The van der Waals surface area contributed by atoms with Gasteiger partial charge in [0.05, 0.1) is 12.2 Å². The fourth-order valence-corrected chi connectivity index (χ4v) is 1.83. The Morgan fingerprint density at radius 1 is 1.22 bits per heavy atom. The Kier molecular flexibility index (Phi) is 5.62. The van der Waals surface area contributed by atoms with Crippen molar-refractivity contribution in [2.24, 2.45) is 0 Å². The van der Waals surface area contributed by atoms with E-state index in [1.54, 1.807) is 6.07 Å². The average Bonchev–Trinajstić information content (AvgIpc) is 2.29. The fourth-order valence-electron chi connectivity index (χ4n) is 1.83. The van der Waals surface area contributed by atoms with Gasteiger partial charge in [0.15, 0.2) is 0 Å². The number of alkyl halides is 3. The van der Waals surface area contributed by atoms with Gasteiger partial charge in [0.1, 0.15) is 0 Å². The van der Waals surface area contributed by atoms with Crippen LogP contribution in [0.3, 0.4) is 0 Å². The van der Waals surface area contributed by atoms with E-state index in [0.29, 0.717) is 18.7 Å². The highest BCUT2D eigenvalue weighted by Crippen LogP contribution is 2.29. The molecule has 0 bridgehead atoms. The molecule has 0 radical (unpaired) electrons. The molecule has 0 aliphatic rings. The minimum absolute atomic E-state index is 0.0129. The Balaban J connectivity index is 2.77. The van der Waals surface area contributed by atoms with Crippen LogP contribution in [0.2, 0.25) is 0 Å². The monoisotopic (exact) mass is 261 g/mol. The van der Waals surface area contributed by atoms with Crippen molar-refractivity contribution in [2.45, 2.75) is 26.1 Å². The van der Waals surface area contributed by atoms with Crippen molar-refractivity contribution in [1.29, 1.82) is 0 Å². The van der Waals surface area contributed by atoms with Gasteiger partial charge in [-0.3, -0.25) is 4.90 Å². The van der Waals surface area contributed by atoms with E-state index in [0.717, 1.165) is 19.0 Å². The molecular weight excluding hydrogens is 243 g/mol. The van der Waals surface area contributed by atoms with Gasteiger partial charge >= 0.3 is 6.18 Å². The van der Waals surface area contributed by atoms with E-state index in [1.807, 2.05) is 11.8 Å². The van der Waals surface area contributed by atoms with E-state index in [2.05, 4.69) is 0 Å². The molecule has 0 atom stereocenters. The highest BCUT2D eigenvalue weighted by molar-refractivity contribution is 5.25. The first-order valence-electron chi connectivity index (χ1n) is 5.96. The van der Waals surface area contributed by atoms with E-state index in [9.17, 15) is 13.2 Å². The molecule has 0 aliphatic heterocycles. The smallest absolute Gasteiger partial charge is 0.395 e. The first kappa shape index (κ1) is 15.0. The maximum atomic E-state index is 12.5. The predicted octanol–water partition coefficient (Wildman–Crippen LogP) is 2.91. The van der Waals surface area contributed by atoms with Crippen LogP contribution in [-0.4, -0.2) is 29.7 Å². The van der Waals surface area contributed by atoms with Gasteiger partial charge in [-0.1, -0.05) is 25.1 Å². The zero-order valence-electron chi connectivity index (χ0n) is 10.4. The molecule has 0 unspecified atom stereocenters. The Labute approximate surface area is 105 Å². The zero-order valence-corrected chi connectivity index (χ0v) is 10.4. The lowest BCUT2D eigenvalue weighted by molar-refractivity contribution is -0.137. The van der Waals surface area contributed by atoms with E-state index < -0.39 is 11.7 Å². The SMILES string of the molecule is CCCN(CCO)Cc1cccc(C(F)(F)F)c1. The molecule has 0 saturated carbocycles. The number of hydrogen-bond acceptors (Lipinski definition) is 2. The lowest BCUT2D eigenvalue weighted by atomic mass is 10.1. The number of aliphatic hydroxyl groups excluding tert-OH is 1. The van der Waals surface area contributed by atoms with Gasteiger partial charge in [-0.15, -0.1) is 0 Å². The van der Waals surface area contributed by atoms with Crippen LogP contribution < -0.4 is 0 Å². The summed E-state index contributed by atoms with van der Waals surface area (Å²) in [7, 11) is 0. The van der Waals surface area contributed by atoms with Gasteiger partial charge in [0.2, 0.25) is 0 Å². The second-order valence-corrected chi connectivity index (χ2v) is 4.20. The van der Waals surface area contributed by atoms with Crippen molar-refractivity contribution in [1.82, 2.24) is 4.90 Å². The maximum Gasteiger partial charge on any atom is 0.416 e. The highest BCUT2D eigenvalue weighted by Gasteiger charge is 2.30. The molecule has 0 fully saturated rings. The summed E-state index contributed by atoms with van der Waals surface area (Å²) < 4.78 is 37.6. The molecule has 1 N–H and O–H groups in total. The van der Waals surface area contributed by atoms with Gasteiger partial charge in [0, 0.05) is 13.1 Å². The fraction of sp³-hybridized carbons (Fsp3) is 0.538. The van der Waals surface area contributed by atoms with Crippen LogP contribution in [-0.2, 0) is 12.7 Å². The first-order chi connectivity index (χ1) is 8.47. The Hall–Kier alpha value is -1.07.